The van der Waals surface area contributed by atoms with Gasteiger partial charge in [-0.15, -0.1) is 0 Å². The maximum Gasteiger partial charge on any atom is 0.239 e. The Kier molecular flexibility index (Phi) is 6.70. The largest absolute Gasteiger partial charge is 0.497 e. The quantitative estimate of drug-likeness (QED) is 0.808. The molecule has 4 nitrogen and oxygen atoms in total. The predicted molar refractivity (Wildman–Crippen MR) is 81.7 cm³/mol. The first-order chi connectivity index (χ1) is 9.06. The summed E-state index contributed by atoms with van der Waals surface area (Å²) >= 11 is 3.44. The predicted octanol–water partition coefficient (Wildman–Crippen LogP) is 3.17. The highest BCUT2D eigenvalue weighted by atomic mass is 79.9. The van der Waals surface area contributed by atoms with Crippen molar-refractivity contribution in [3.63, 3.8) is 0 Å². The molecule has 0 aliphatic rings. The molecule has 0 heterocycles. The van der Waals surface area contributed by atoms with E-state index in [1.807, 2.05) is 25.1 Å². The SMILES string of the molecule is CCCC(C)NC(=O)CNc1cc(OC)ccc1Br. The number of methoxy groups -OCH3 is 1. The molecule has 1 unspecified atom stereocenters. The third-order valence-electron chi connectivity index (χ3n) is 2.74. The molecule has 106 valence electrons. The Morgan fingerprint density at radius 2 is 2.21 bits per heavy atom. The Morgan fingerprint density at radius 1 is 1.47 bits per heavy atom. The molecule has 0 spiro atoms. The van der Waals surface area contributed by atoms with E-state index in [0.29, 0.717) is 0 Å². The van der Waals surface area contributed by atoms with E-state index in [1.54, 1.807) is 7.11 Å². The van der Waals surface area contributed by atoms with Crippen LogP contribution >= 0.6 is 15.9 Å². The van der Waals surface area contributed by atoms with Gasteiger partial charge in [0.05, 0.1) is 19.3 Å². The zero-order chi connectivity index (χ0) is 14.3. The van der Waals surface area contributed by atoms with Gasteiger partial charge in [-0.3, -0.25) is 4.79 Å². The van der Waals surface area contributed by atoms with E-state index >= 15 is 0 Å². The normalized spacial score (nSPS) is 11.8. The van der Waals surface area contributed by atoms with Crippen molar-refractivity contribution in [3.8, 4) is 5.75 Å². The van der Waals surface area contributed by atoms with Crippen LogP contribution in [0.4, 0.5) is 5.69 Å². The molecule has 0 saturated heterocycles. The summed E-state index contributed by atoms with van der Waals surface area (Å²) in [6.45, 7) is 4.37. The van der Waals surface area contributed by atoms with E-state index in [2.05, 4.69) is 33.5 Å². The molecule has 0 aromatic heterocycles. The monoisotopic (exact) mass is 328 g/mol. The van der Waals surface area contributed by atoms with Crippen molar-refractivity contribution in [3.05, 3.63) is 22.7 Å². The van der Waals surface area contributed by atoms with Gasteiger partial charge in [0.1, 0.15) is 5.75 Å². The van der Waals surface area contributed by atoms with E-state index in [-0.39, 0.29) is 18.5 Å². The summed E-state index contributed by atoms with van der Waals surface area (Å²) in [6, 6.07) is 5.82. The van der Waals surface area contributed by atoms with Gasteiger partial charge in [-0.25, -0.2) is 0 Å². The minimum absolute atomic E-state index is 0.00401. The first-order valence-electron chi connectivity index (χ1n) is 6.43. The number of ether oxygens (including phenoxy) is 1. The van der Waals surface area contributed by atoms with Crippen molar-refractivity contribution in [1.82, 2.24) is 5.32 Å². The molecule has 0 saturated carbocycles. The maximum absolute atomic E-state index is 11.7. The highest BCUT2D eigenvalue weighted by Crippen LogP contribution is 2.26. The van der Waals surface area contributed by atoms with Crippen molar-refractivity contribution < 1.29 is 9.53 Å². The first kappa shape index (κ1) is 15.8. The summed E-state index contributed by atoms with van der Waals surface area (Å²) < 4.78 is 6.06. The van der Waals surface area contributed by atoms with Gasteiger partial charge in [0.15, 0.2) is 0 Å². The first-order valence-corrected chi connectivity index (χ1v) is 7.22. The lowest BCUT2D eigenvalue weighted by atomic mass is 10.2. The number of carbonyl (C=O) groups excluding carboxylic acids is 1. The summed E-state index contributed by atoms with van der Waals surface area (Å²) in [4.78, 5) is 11.7. The molecule has 0 bridgehead atoms. The van der Waals surface area contributed by atoms with Crippen LogP contribution < -0.4 is 15.4 Å². The van der Waals surface area contributed by atoms with Crippen LogP contribution in [0.5, 0.6) is 5.75 Å². The van der Waals surface area contributed by atoms with E-state index < -0.39 is 0 Å². The molecule has 19 heavy (non-hydrogen) atoms. The molecule has 0 radical (unpaired) electrons. The van der Waals surface area contributed by atoms with Crippen LogP contribution in [-0.2, 0) is 4.79 Å². The van der Waals surface area contributed by atoms with Crippen LogP contribution in [0.15, 0.2) is 22.7 Å². The molecule has 1 amide bonds. The molecular formula is C14H21BrN2O2. The Labute approximate surface area is 123 Å². The molecule has 1 aromatic rings. The van der Waals surface area contributed by atoms with Crippen molar-refractivity contribution in [2.45, 2.75) is 32.7 Å². The Morgan fingerprint density at radius 3 is 2.84 bits per heavy atom. The number of amides is 1. The second-order valence-corrected chi connectivity index (χ2v) is 5.31. The van der Waals surface area contributed by atoms with Crippen LogP contribution in [0.3, 0.4) is 0 Å². The summed E-state index contributed by atoms with van der Waals surface area (Å²) in [7, 11) is 1.62. The zero-order valence-electron chi connectivity index (χ0n) is 11.6. The summed E-state index contributed by atoms with van der Waals surface area (Å²) in [6.07, 6.45) is 2.06. The van der Waals surface area contributed by atoms with Gasteiger partial charge in [0.2, 0.25) is 5.91 Å². The Balaban J connectivity index is 2.50. The highest BCUT2D eigenvalue weighted by molar-refractivity contribution is 9.10. The lowest BCUT2D eigenvalue weighted by Gasteiger charge is -2.14. The molecule has 1 rings (SSSR count). The number of halogens is 1. The molecule has 1 aromatic carbocycles. The van der Waals surface area contributed by atoms with E-state index in [0.717, 1.165) is 28.8 Å². The van der Waals surface area contributed by atoms with Crippen LogP contribution in [0.1, 0.15) is 26.7 Å². The number of hydrogen-bond donors (Lipinski definition) is 2. The van der Waals surface area contributed by atoms with Gasteiger partial charge in [-0.05, 0) is 41.4 Å². The number of hydrogen-bond acceptors (Lipinski definition) is 3. The summed E-state index contributed by atoms with van der Waals surface area (Å²) in [5.41, 5.74) is 0.845. The van der Waals surface area contributed by atoms with E-state index in [9.17, 15) is 4.79 Å². The summed E-state index contributed by atoms with van der Waals surface area (Å²) in [5.74, 6) is 0.751. The molecule has 5 heteroatoms. The molecule has 2 N–H and O–H groups in total. The maximum atomic E-state index is 11.7. The van der Waals surface area contributed by atoms with Gasteiger partial charge in [-0.1, -0.05) is 13.3 Å². The van der Waals surface area contributed by atoms with Crippen molar-refractivity contribution in [1.29, 1.82) is 0 Å². The Bertz CT molecular complexity index is 424. The number of rotatable bonds is 7. The number of carbonyl (C=O) groups is 1. The molecular weight excluding hydrogens is 308 g/mol. The van der Waals surface area contributed by atoms with Gasteiger partial charge in [-0.2, -0.15) is 0 Å². The third kappa shape index (κ3) is 5.51. The second-order valence-electron chi connectivity index (χ2n) is 4.46. The lowest BCUT2D eigenvalue weighted by molar-refractivity contribution is -0.120. The Hall–Kier alpha value is -1.23. The van der Waals surface area contributed by atoms with Crippen molar-refractivity contribution >= 4 is 27.5 Å². The van der Waals surface area contributed by atoms with Crippen LogP contribution in [0.25, 0.3) is 0 Å². The highest BCUT2D eigenvalue weighted by Gasteiger charge is 2.07. The smallest absolute Gasteiger partial charge is 0.239 e. The van der Waals surface area contributed by atoms with Gasteiger partial charge in [0.25, 0.3) is 0 Å². The zero-order valence-corrected chi connectivity index (χ0v) is 13.2. The average molecular weight is 329 g/mol. The number of nitrogens with one attached hydrogen (secondary N) is 2. The van der Waals surface area contributed by atoms with E-state index in [1.165, 1.54) is 0 Å². The van der Waals surface area contributed by atoms with Crippen LogP contribution in [0.2, 0.25) is 0 Å². The number of anilines is 1. The molecule has 0 aliphatic heterocycles. The topological polar surface area (TPSA) is 50.4 Å². The van der Waals surface area contributed by atoms with Gasteiger partial charge >= 0.3 is 0 Å². The fourth-order valence-corrected chi connectivity index (χ4v) is 2.16. The fourth-order valence-electron chi connectivity index (χ4n) is 1.77. The average Bonchev–Trinajstić information content (AvgIpc) is 2.38. The minimum atomic E-state index is -0.00401. The number of benzene rings is 1. The van der Waals surface area contributed by atoms with Gasteiger partial charge in [0, 0.05) is 16.6 Å². The molecule has 1 atom stereocenters. The third-order valence-corrected chi connectivity index (χ3v) is 3.43. The standard InChI is InChI=1S/C14H21BrN2O2/c1-4-5-10(2)17-14(18)9-16-13-8-11(19-3)6-7-12(13)15/h6-8,10,16H,4-5,9H2,1-3H3,(H,17,18). The summed E-state index contributed by atoms with van der Waals surface area (Å²) in [5, 5.41) is 6.05. The minimum Gasteiger partial charge on any atom is -0.497 e. The van der Waals surface area contributed by atoms with Crippen molar-refractivity contribution in [2.75, 3.05) is 19.0 Å². The van der Waals surface area contributed by atoms with Crippen LogP contribution in [-0.4, -0.2) is 25.6 Å². The second kappa shape index (κ2) is 8.04. The fraction of sp³-hybridized carbons (Fsp3) is 0.500. The van der Waals surface area contributed by atoms with Crippen molar-refractivity contribution in [2.24, 2.45) is 0 Å². The van der Waals surface area contributed by atoms with Crippen LogP contribution in [0, 0.1) is 0 Å². The van der Waals surface area contributed by atoms with E-state index in [4.69, 9.17) is 4.74 Å². The molecule has 0 aliphatic carbocycles. The van der Waals surface area contributed by atoms with Gasteiger partial charge < -0.3 is 15.4 Å². The molecule has 0 fully saturated rings. The lowest BCUT2D eigenvalue weighted by Crippen LogP contribution is -2.36.